The summed E-state index contributed by atoms with van der Waals surface area (Å²) < 4.78 is 23.3. The van der Waals surface area contributed by atoms with Crippen molar-refractivity contribution in [3.8, 4) is 11.5 Å². The summed E-state index contributed by atoms with van der Waals surface area (Å²) in [5.74, 6) is -1.15. The van der Waals surface area contributed by atoms with E-state index in [1.807, 2.05) is 12.1 Å². The summed E-state index contributed by atoms with van der Waals surface area (Å²) in [5, 5.41) is 0. The number of carbonyl (C=O) groups excluding carboxylic acids is 2. The third-order valence-corrected chi connectivity index (χ3v) is 7.18. The van der Waals surface area contributed by atoms with Crippen LogP contribution in [0.15, 0.2) is 58.9 Å². The van der Waals surface area contributed by atoms with Crippen LogP contribution in [-0.2, 0) is 19.1 Å². The first-order chi connectivity index (χ1) is 18.7. The molecule has 1 aliphatic rings. The molecule has 2 aromatic carbocycles. The maximum Gasteiger partial charge on any atom is 0.338 e. The summed E-state index contributed by atoms with van der Waals surface area (Å²) in [7, 11) is 3.11. The average Bonchev–Trinajstić information content (AvgIpc) is 3.24. The van der Waals surface area contributed by atoms with E-state index in [2.05, 4.69) is 0 Å². The molecule has 0 amide bonds. The van der Waals surface area contributed by atoms with E-state index in [4.69, 9.17) is 24.7 Å². The number of thiazole rings is 1. The van der Waals surface area contributed by atoms with Crippen molar-refractivity contribution in [2.75, 3.05) is 20.8 Å². The van der Waals surface area contributed by atoms with Gasteiger partial charge in [-0.2, -0.15) is 0 Å². The normalized spacial score (nSPS) is 15.3. The molecule has 1 atom stereocenters. The lowest BCUT2D eigenvalue weighted by atomic mass is 9.83. The Morgan fingerprint density at radius 2 is 1.56 bits per heavy atom. The van der Waals surface area contributed by atoms with Crippen LogP contribution in [0.4, 0.5) is 0 Å². The SMILES string of the molecule is CCOC(=O)C1=C(N)n2c(s/c(=C\c3ccc(OC)cc3)c2=O)=C(C(=O)OC(C)C)C1c1ccc(OC)cc1. The van der Waals surface area contributed by atoms with E-state index in [1.165, 1.54) is 4.57 Å². The van der Waals surface area contributed by atoms with Gasteiger partial charge in [0.2, 0.25) is 0 Å². The van der Waals surface area contributed by atoms with Crippen molar-refractivity contribution >= 4 is 40.7 Å². The molecule has 0 saturated carbocycles. The second-order valence-corrected chi connectivity index (χ2v) is 9.95. The lowest BCUT2D eigenvalue weighted by Gasteiger charge is -2.27. The average molecular weight is 551 g/mol. The molecule has 0 radical (unpaired) electrons. The van der Waals surface area contributed by atoms with E-state index in [0.717, 1.165) is 16.9 Å². The Labute approximate surface area is 229 Å². The van der Waals surface area contributed by atoms with Crippen LogP contribution in [0.5, 0.6) is 11.5 Å². The van der Waals surface area contributed by atoms with E-state index in [0.29, 0.717) is 21.6 Å². The quantitative estimate of drug-likeness (QED) is 0.425. The van der Waals surface area contributed by atoms with Gasteiger partial charge in [0, 0.05) is 0 Å². The lowest BCUT2D eigenvalue weighted by molar-refractivity contribution is -0.140. The summed E-state index contributed by atoms with van der Waals surface area (Å²) in [5.41, 5.74) is 7.53. The molecular formula is C29H30N2O7S. The highest BCUT2D eigenvalue weighted by molar-refractivity contribution is 7.07. The highest BCUT2D eigenvalue weighted by atomic mass is 32.1. The van der Waals surface area contributed by atoms with Gasteiger partial charge in [0.05, 0.1) is 48.5 Å². The first-order valence-corrected chi connectivity index (χ1v) is 13.2. The van der Waals surface area contributed by atoms with E-state index in [-0.39, 0.29) is 28.2 Å². The number of ether oxygens (including phenoxy) is 4. The summed E-state index contributed by atoms with van der Waals surface area (Å²) in [6, 6.07) is 14.1. The minimum atomic E-state index is -0.937. The summed E-state index contributed by atoms with van der Waals surface area (Å²) >= 11 is 1.10. The molecule has 9 nitrogen and oxygen atoms in total. The van der Waals surface area contributed by atoms with Crippen LogP contribution in [0.3, 0.4) is 0 Å². The number of rotatable bonds is 8. The maximum absolute atomic E-state index is 13.7. The molecule has 39 heavy (non-hydrogen) atoms. The van der Waals surface area contributed by atoms with Crippen LogP contribution in [-0.4, -0.2) is 43.4 Å². The van der Waals surface area contributed by atoms with Crippen LogP contribution in [0, 0.1) is 0 Å². The molecule has 2 N–H and O–H groups in total. The van der Waals surface area contributed by atoms with Crippen molar-refractivity contribution < 1.29 is 28.5 Å². The van der Waals surface area contributed by atoms with E-state index >= 15 is 0 Å². The molecule has 0 aliphatic carbocycles. The summed E-state index contributed by atoms with van der Waals surface area (Å²) in [6.45, 7) is 5.20. The van der Waals surface area contributed by atoms with Crippen LogP contribution >= 0.6 is 11.3 Å². The first kappa shape index (κ1) is 27.7. The molecule has 1 aliphatic heterocycles. The Kier molecular flexibility index (Phi) is 8.25. The Morgan fingerprint density at radius 1 is 0.974 bits per heavy atom. The van der Waals surface area contributed by atoms with Gasteiger partial charge in [-0.05, 0) is 62.2 Å². The number of carbonyl (C=O) groups is 2. The standard InChI is InChI=1S/C29H30N2O7S/c1-6-37-28(33)23-22(18-9-13-20(36-5)14-10-18)24(29(34)38-16(2)3)27-31(25(23)30)26(32)21(39-27)15-17-7-11-19(35-4)12-8-17/h7-16,22H,6,30H2,1-5H3/b21-15-. The zero-order valence-corrected chi connectivity index (χ0v) is 23.2. The van der Waals surface area contributed by atoms with Crippen molar-refractivity contribution in [1.82, 2.24) is 4.57 Å². The van der Waals surface area contributed by atoms with E-state index in [1.54, 1.807) is 77.5 Å². The summed E-state index contributed by atoms with van der Waals surface area (Å²) in [6.07, 6.45) is 1.25. The van der Waals surface area contributed by atoms with Gasteiger partial charge in [0.15, 0.2) is 0 Å². The van der Waals surface area contributed by atoms with Gasteiger partial charge in [0.1, 0.15) is 22.0 Å². The lowest BCUT2D eigenvalue weighted by Crippen LogP contribution is -2.42. The van der Waals surface area contributed by atoms with E-state index in [9.17, 15) is 14.4 Å². The monoisotopic (exact) mass is 550 g/mol. The van der Waals surface area contributed by atoms with Gasteiger partial charge in [-0.3, -0.25) is 9.36 Å². The molecular weight excluding hydrogens is 520 g/mol. The maximum atomic E-state index is 13.7. The first-order valence-electron chi connectivity index (χ1n) is 12.3. The zero-order valence-electron chi connectivity index (χ0n) is 22.3. The van der Waals surface area contributed by atoms with Crippen molar-refractivity contribution in [3.63, 3.8) is 0 Å². The minimum Gasteiger partial charge on any atom is -0.497 e. The molecule has 4 rings (SSSR count). The third-order valence-electron chi connectivity index (χ3n) is 6.07. The molecule has 3 aromatic rings. The topological polar surface area (TPSA) is 119 Å². The van der Waals surface area contributed by atoms with Gasteiger partial charge in [-0.15, -0.1) is 11.3 Å². The Balaban J connectivity index is 2.07. The highest BCUT2D eigenvalue weighted by Gasteiger charge is 2.40. The fourth-order valence-electron chi connectivity index (χ4n) is 4.31. The van der Waals surface area contributed by atoms with Gasteiger partial charge >= 0.3 is 11.9 Å². The smallest absolute Gasteiger partial charge is 0.338 e. The van der Waals surface area contributed by atoms with Crippen LogP contribution in [0.25, 0.3) is 17.5 Å². The number of fused-ring (bicyclic) bond motifs is 1. The van der Waals surface area contributed by atoms with Crippen molar-refractivity contribution in [1.29, 1.82) is 0 Å². The predicted molar refractivity (Wildman–Crippen MR) is 149 cm³/mol. The Hall–Kier alpha value is -4.31. The minimum absolute atomic E-state index is 0.0129. The number of benzene rings is 2. The number of nitrogens with zero attached hydrogens (tertiary/aromatic N) is 1. The number of esters is 2. The third kappa shape index (κ3) is 5.46. The molecule has 0 fully saturated rings. The van der Waals surface area contributed by atoms with Crippen LogP contribution in [0.1, 0.15) is 37.8 Å². The number of aromatic nitrogens is 1. The van der Waals surface area contributed by atoms with Crippen molar-refractivity contribution in [3.05, 3.63) is 84.8 Å². The number of hydrogen-bond donors (Lipinski definition) is 1. The number of nitrogens with two attached hydrogens (primary N) is 1. The fraction of sp³-hybridized carbons (Fsp3) is 0.276. The highest BCUT2D eigenvalue weighted by Crippen LogP contribution is 2.38. The molecule has 10 heteroatoms. The second kappa shape index (κ2) is 11.6. The molecule has 2 heterocycles. The number of methoxy groups -OCH3 is 2. The van der Waals surface area contributed by atoms with Gasteiger partial charge in [-0.25, -0.2) is 9.59 Å². The van der Waals surface area contributed by atoms with Crippen molar-refractivity contribution in [2.45, 2.75) is 32.8 Å². The Morgan fingerprint density at radius 3 is 2.10 bits per heavy atom. The largest absolute Gasteiger partial charge is 0.497 e. The second-order valence-electron chi connectivity index (χ2n) is 8.92. The molecule has 0 saturated heterocycles. The van der Waals surface area contributed by atoms with Crippen LogP contribution < -0.4 is 30.0 Å². The fourth-order valence-corrected chi connectivity index (χ4v) is 5.48. The predicted octanol–water partition coefficient (Wildman–Crippen LogP) is 2.35. The molecule has 0 bridgehead atoms. The van der Waals surface area contributed by atoms with Gasteiger partial charge < -0.3 is 24.7 Å². The summed E-state index contributed by atoms with van der Waals surface area (Å²) in [4.78, 5) is 40.6. The van der Waals surface area contributed by atoms with Gasteiger partial charge in [0.25, 0.3) is 5.56 Å². The molecule has 1 unspecified atom stereocenters. The van der Waals surface area contributed by atoms with E-state index < -0.39 is 29.5 Å². The molecule has 204 valence electrons. The van der Waals surface area contributed by atoms with Gasteiger partial charge in [-0.1, -0.05) is 24.3 Å². The zero-order chi connectivity index (χ0) is 28.3. The molecule has 0 spiro atoms. The van der Waals surface area contributed by atoms with Crippen LogP contribution in [0.2, 0.25) is 0 Å². The van der Waals surface area contributed by atoms with Crippen molar-refractivity contribution in [2.24, 2.45) is 5.73 Å². The number of hydrogen-bond acceptors (Lipinski definition) is 9. The molecule has 1 aromatic heterocycles. The Bertz CT molecular complexity index is 1600.